The Balaban J connectivity index is 2.65. The van der Waals surface area contributed by atoms with Gasteiger partial charge in [0.2, 0.25) is 9.84 Å². The van der Waals surface area contributed by atoms with Crippen molar-refractivity contribution < 1.29 is 13.2 Å². The van der Waals surface area contributed by atoms with Crippen LogP contribution in [0.5, 0.6) is 0 Å². The molecule has 0 radical (unpaired) electrons. The Morgan fingerprint density at radius 3 is 2.63 bits per heavy atom. The number of fused-ring (bicyclic) bond motifs is 1. The summed E-state index contributed by atoms with van der Waals surface area (Å²) < 4.78 is 24.6. The van der Waals surface area contributed by atoms with E-state index in [4.69, 9.17) is 11.5 Å². The van der Waals surface area contributed by atoms with Crippen molar-refractivity contribution in [2.75, 3.05) is 0 Å². The summed E-state index contributed by atoms with van der Waals surface area (Å²) in [5.74, 6) is -1.10. The van der Waals surface area contributed by atoms with Crippen molar-refractivity contribution in [3.05, 3.63) is 36.5 Å². The molecule has 19 heavy (non-hydrogen) atoms. The van der Waals surface area contributed by atoms with Gasteiger partial charge in [0.1, 0.15) is 0 Å². The smallest absolute Gasteiger partial charge is 0.253 e. The van der Waals surface area contributed by atoms with Crippen molar-refractivity contribution in [3.63, 3.8) is 0 Å². The minimum atomic E-state index is -4.07. The van der Waals surface area contributed by atoms with Crippen LogP contribution < -0.4 is 11.5 Å². The first-order valence-corrected chi connectivity index (χ1v) is 6.93. The van der Waals surface area contributed by atoms with E-state index in [0.29, 0.717) is 5.52 Å². The lowest BCUT2D eigenvalue weighted by molar-refractivity contribution is -0.120. The topological polar surface area (TPSA) is 116 Å². The van der Waals surface area contributed by atoms with Crippen LogP contribution in [-0.4, -0.2) is 24.2 Å². The Morgan fingerprint density at radius 1 is 1.32 bits per heavy atom. The number of hydrogen-bond donors (Lipinski definition) is 2. The van der Waals surface area contributed by atoms with Gasteiger partial charge in [-0.1, -0.05) is 12.1 Å². The predicted octanol–water partition coefficient (Wildman–Crippen LogP) is 0.169. The van der Waals surface area contributed by atoms with Crippen molar-refractivity contribution in [3.8, 4) is 0 Å². The van der Waals surface area contributed by atoms with Gasteiger partial charge < -0.3 is 11.5 Å². The van der Waals surface area contributed by atoms with Gasteiger partial charge in [-0.05, 0) is 25.1 Å². The van der Waals surface area contributed by atoms with E-state index in [1.165, 1.54) is 12.1 Å². The third kappa shape index (κ3) is 2.06. The fourth-order valence-electron chi connectivity index (χ4n) is 1.59. The third-order valence-electron chi connectivity index (χ3n) is 2.94. The highest BCUT2D eigenvalue weighted by Gasteiger charge is 2.42. The molecule has 1 aromatic carbocycles. The van der Waals surface area contributed by atoms with E-state index < -0.39 is 20.6 Å². The van der Waals surface area contributed by atoms with Crippen LogP contribution in [-0.2, 0) is 14.6 Å². The number of carbonyl (C=O) groups is 1. The minimum absolute atomic E-state index is 0.0810. The molecule has 2 rings (SSSR count). The van der Waals surface area contributed by atoms with Crippen molar-refractivity contribution in [1.29, 1.82) is 0 Å². The molecule has 0 unspecified atom stereocenters. The number of hydrogen-bond acceptors (Lipinski definition) is 5. The quantitative estimate of drug-likeness (QED) is 0.830. The summed E-state index contributed by atoms with van der Waals surface area (Å²) in [5, 5.41) is 0.791. The number of carbonyl (C=O) groups excluding carboxylic acids is 1. The molecule has 0 aliphatic heterocycles. The normalized spacial score (nSPS) is 15.1. The van der Waals surface area contributed by atoms with Gasteiger partial charge in [0.05, 0.1) is 10.4 Å². The second-order valence-corrected chi connectivity index (χ2v) is 6.66. The Bertz CT molecular complexity index is 754. The molecule has 7 heteroatoms. The van der Waals surface area contributed by atoms with E-state index >= 15 is 0 Å². The fraction of sp³-hybridized carbons (Fsp3) is 0.167. The molecule has 1 aromatic heterocycles. The van der Waals surface area contributed by atoms with Gasteiger partial charge in [-0.15, -0.1) is 0 Å². The Kier molecular flexibility index (Phi) is 3.03. The monoisotopic (exact) mass is 279 g/mol. The molecule has 0 saturated carbocycles. The van der Waals surface area contributed by atoms with E-state index in [-0.39, 0.29) is 4.90 Å². The zero-order chi connectivity index (χ0) is 14.3. The molecular formula is C12H13N3O3S. The highest BCUT2D eigenvalue weighted by Crippen LogP contribution is 2.24. The van der Waals surface area contributed by atoms with Crippen LogP contribution in [0.4, 0.5) is 0 Å². The molecule has 0 saturated heterocycles. The summed E-state index contributed by atoms with van der Waals surface area (Å²) in [7, 11) is -4.07. The van der Waals surface area contributed by atoms with Crippen LogP contribution in [0.2, 0.25) is 0 Å². The van der Waals surface area contributed by atoms with Crippen LogP contribution in [0.3, 0.4) is 0 Å². The first-order chi connectivity index (χ1) is 8.76. The van der Waals surface area contributed by atoms with Crippen LogP contribution >= 0.6 is 0 Å². The van der Waals surface area contributed by atoms with Crippen molar-refractivity contribution >= 4 is 26.6 Å². The number of nitrogens with zero attached hydrogens (tertiary/aromatic N) is 1. The lowest BCUT2D eigenvalue weighted by Gasteiger charge is -2.20. The number of primary amides is 1. The van der Waals surface area contributed by atoms with Crippen molar-refractivity contribution in [2.24, 2.45) is 11.5 Å². The molecule has 6 nitrogen and oxygen atoms in total. The maximum absolute atomic E-state index is 12.3. The molecule has 4 N–H and O–H groups in total. The minimum Gasteiger partial charge on any atom is -0.367 e. The van der Waals surface area contributed by atoms with Gasteiger partial charge in [0.25, 0.3) is 5.91 Å². The Labute approximate surface area is 110 Å². The second kappa shape index (κ2) is 4.29. The third-order valence-corrected chi connectivity index (χ3v) is 5.13. The van der Waals surface area contributed by atoms with Crippen LogP contribution in [0.1, 0.15) is 6.92 Å². The molecular weight excluding hydrogens is 266 g/mol. The molecule has 0 aliphatic rings. The van der Waals surface area contributed by atoms with E-state index in [1.54, 1.807) is 24.4 Å². The maximum atomic E-state index is 12.3. The van der Waals surface area contributed by atoms with Gasteiger partial charge in [-0.2, -0.15) is 0 Å². The maximum Gasteiger partial charge on any atom is 0.253 e. The standard InChI is InChI=1S/C12H13N3O3S/c1-12(14,11(13)16)19(17,18)9-5-4-8-3-2-6-15-10(8)7-9/h2-7H,14H2,1H3,(H2,13,16)/t12-/m1/s1. The van der Waals surface area contributed by atoms with Gasteiger partial charge >= 0.3 is 0 Å². The van der Waals surface area contributed by atoms with Gasteiger partial charge in [-0.3, -0.25) is 9.78 Å². The molecule has 100 valence electrons. The lowest BCUT2D eigenvalue weighted by Crippen LogP contribution is -2.55. The number of benzene rings is 1. The largest absolute Gasteiger partial charge is 0.367 e. The molecule has 0 spiro atoms. The van der Waals surface area contributed by atoms with Crippen LogP contribution in [0.15, 0.2) is 41.4 Å². The number of rotatable bonds is 3. The first kappa shape index (κ1) is 13.4. The molecule has 1 atom stereocenters. The lowest BCUT2D eigenvalue weighted by atomic mass is 10.2. The molecule has 0 bridgehead atoms. The highest BCUT2D eigenvalue weighted by atomic mass is 32.2. The summed E-state index contributed by atoms with van der Waals surface area (Å²) in [6.45, 7) is 1.08. The number of nitrogens with two attached hydrogens (primary N) is 2. The summed E-state index contributed by atoms with van der Waals surface area (Å²) >= 11 is 0. The van der Waals surface area contributed by atoms with E-state index in [1.807, 2.05) is 0 Å². The van der Waals surface area contributed by atoms with E-state index in [0.717, 1.165) is 12.3 Å². The predicted molar refractivity (Wildman–Crippen MR) is 70.7 cm³/mol. The summed E-state index contributed by atoms with van der Waals surface area (Å²) in [6, 6.07) is 7.90. The first-order valence-electron chi connectivity index (χ1n) is 5.45. The highest BCUT2D eigenvalue weighted by molar-refractivity contribution is 7.93. The van der Waals surface area contributed by atoms with Crippen molar-refractivity contribution in [2.45, 2.75) is 16.7 Å². The summed E-state index contributed by atoms with van der Waals surface area (Å²) in [6.07, 6.45) is 1.55. The second-order valence-electron chi connectivity index (χ2n) is 4.33. The summed E-state index contributed by atoms with van der Waals surface area (Å²) in [5.41, 5.74) is 11.1. The molecule has 1 amide bonds. The SMILES string of the molecule is C[C@](N)(C(N)=O)S(=O)(=O)c1ccc2cccnc2c1. The molecule has 2 aromatic rings. The zero-order valence-electron chi connectivity index (χ0n) is 10.2. The zero-order valence-corrected chi connectivity index (χ0v) is 11.0. The molecule has 0 aliphatic carbocycles. The van der Waals surface area contributed by atoms with Crippen LogP contribution in [0.25, 0.3) is 10.9 Å². The van der Waals surface area contributed by atoms with Gasteiger partial charge in [0.15, 0.2) is 4.87 Å². The fourth-order valence-corrected chi connectivity index (χ4v) is 2.86. The van der Waals surface area contributed by atoms with Gasteiger partial charge in [-0.25, -0.2) is 8.42 Å². The number of sulfone groups is 1. The number of aromatic nitrogens is 1. The van der Waals surface area contributed by atoms with Crippen LogP contribution in [0, 0.1) is 0 Å². The van der Waals surface area contributed by atoms with Crippen molar-refractivity contribution in [1.82, 2.24) is 4.98 Å². The average Bonchev–Trinajstić information content (AvgIpc) is 2.37. The Hall–Kier alpha value is -1.99. The summed E-state index contributed by atoms with van der Waals surface area (Å²) in [4.78, 5) is 13.0. The number of amides is 1. The number of pyridine rings is 1. The van der Waals surface area contributed by atoms with E-state index in [9.17, 15) is 13.2 Å². The molecule has 0 fully saturated rings. The average molecular weight is 279 g/mol. The molecule has 1 heterocycles. The van der Waals surface area contributed by atoms with Gasteiger partial charge in [0, 0.05) is 11.6 Å². The van der Waals surface area contributed by atoms with E-state index in [2.05, 4.69) is 4.98 Å². The Morgan fingerprint density at radius 2 is 2.00 bits per heavy atom.